The van der Waals surface area contributed by atoms with E-state index in [0.29, 0.717) is 0 Å². The summed E-state index contributed by atoms with van der Waals surface area (Å²) < 4.78 is 4.27. The second kappa shape index (κ2) is 4.75. The summed E-state index contributed by atoms with van der Waals surface area (Å²) in [6, 6.07) is 0. The predicted molar refractivity (Wildman–Crippen MR) is 52.3 cm³/mol. The number of nitrogens with zero attached hydrogens (tertiary/aromatic N) is 2. The summed E-state index contributed by atoms with van der Waals surface area (Å²) in [6.45, 7) is 0. The van der Waals surface area contributed by atoms with Gasteiger partial charge in [-0.25, -0.2) is 19.6 Å². The number of aromatic carboxylic acids is 1. The van der Waals surface area contributed by atoms with Crippen molar-refractivity contribution in [1.29, 1.82) is 0 Å². The third-order valence-electron chi connectivity index (χ3n) is 1.48. The maximum atomic E-state index is 10.7. The summed E-state index contributed by atoms with van der Waals surface area (Å²) in [6.07, 6.45) is 1.16. The van der Waals surface area contributed by atoms with Gasteiger partial charge in [-0.05, 0) is 5.92 Å². The van der Waals surface area contributed by atoms with Gasteiger partial charge in [0.25, 0.3) is 0 Å². The molecule has 0 bridgehead atoms. The summed E-state index contributed by atoms with van der Waals surface area (Å²) in [7, 11) is 1.17. The number of methoxy groups -OCH3 is 1. The lowest BCUT2D eigenvalue weighted by Gasteiger charge is -1.97. The van der Waals surface area contributed by atoms with Gasteiger partial charge in [0.2, 0.25) is 0 Å². The van der Waals surface area contributed by atoms with Crippen LogP contribution in [0.4, 0.5) is 5.82 Å². The molecule has 0 unspecified atom stereocenters. The number of carboxylic acid groups (broad SMARTS) is 1. The number of carboxylic acids is 1. The van der Waals surface area contributed by atoms with Gasteiger partial charge in [-0.2, -0.15) is 0 Å². The molecule has 0 saturated carbocycles. The molecule has 7 nitrogen and oxygen atoms in total. The van der Waals surface area contributed by atoms with Gasteiger partial charge < -0.3 is 15.6 Å². The van der Waals surface area contributed by atoms with Gasteiger partial charge in [0.15, 0.2) is 11.5 Å². The molecule has 1 aromatic heterocycles. The van der Waals surface area contributed by atoms with Crippen LogP contribution in [0.15, 0.2) is 6.20 Å². The molecule has 0 amide bonds. The van der Waals surface area contributed by atoms with Crippen LogP contribution in [0.1, 0.15) is 16.2 Å². The molecule has 0 aromatic carbocycles. The number of nitrogen functional groups attached to an aromatic ring is 1. The van der Waals surface area contributed by atoms with Crippen LogP contribution in [0.3, 0.4) is 0 Å². The number of aromatic nitrogens is 2. The molecule has 82 valence electrons. The molecule has 7 heteroatoms. The average molecular weight is 221 g/mol. The van der Waals surface area contributed by atoms with Crippen molar-refractivity contribution in [2.24, 2.45) is 0 Å². The van der Waals surface area contributed by atoms with Crippen LogP contribution in [0.2, 0.25) is 0 Å². The van der Waals surface area contributed by atoms with Crippen molar-refractivity contribution < 1.29 is 19.4 Å². The minimum absolute atomic E-state index is 0.0250. The van der Waals surface area contributed by atoms with Gasteiger partial charge >= 0.3 is 11.9 Å². The molecule has 0 atom stereocenters. The molecule has 0 spiro atoms. The zero-order valence-corrected chi connectivity index (χ0v) is 8.22. The predicted octanol–water partition coefficient (Wildman–Crippen LogP) is -0.719. The SMILES string of the molecule is COC(=O)C#Cc1cnc(N)c(C(=O)O)n1. The van der Waals surface area contributed by atoms with Crippen molar-refractivity contribution >= 4 is 17.8 Å². The van der Waals surface area contributed by atoms with Crippen molar-refractivity contribution in [1.82, 2.24) is 9.97 Å². The molecule has 1 rings (SSSR count). The fourth-order valence-corrected chi connectivity index (χ4v) is 0.782. The Balaban J connectivity index is 3.07. The van der Waals surface area contributed by atoms with Gasteiger partial charge in [0.1, 0.15) is 5.69 Å². The molecule has 3 N–H and O–H groups in total. The van der Waals surface area contributed by atoms with Gasteiger partial charge in [0, 0.05) is 5.92 Å². The maximum absolute atomic E-state index is 10.7. The first kappa shape index (κ1) is 11.5. The molecular weight excluding hydrogens is 214 g/mol. The van der Waals surface area contributed by atoms with Crippen LogP contribution in [-0.4, -0.2) is 34.1 Å². The third kappa shape index (κ3) is 2.68. The first-order valence-corrected chi connectivity index (χ1v) is 4.00. The number of ether oxygens (including phenoxy) is 1. The van der Waals surface area contributed by atoms with Gasteiger partial charge in [0.05, 0.1) is 13.3 Å². The van der Waals surface area contributed by atoms with E-state index in [-0.39, 0.29) is 11.5 Å². The number of carbonyl (C=O) groups excluding carboxylic acids is 1. The van der Waals surface area contributed by atoms with Crippen LogP contribution in [0.25, 0.3) is 0 Å². The Hall–Kier alpha value is -2.62. The smallest absolute Gasteiger partial charge is 0.384 e. The molecule has 0 radical (unpaired) electrons. The quantitative estimate of drug-likeness (QED) is 0.475. The number of rotatable bonds is 1. The second-order valence-electron chi connectivity index (χ2n) is 2.54. The van der Waals surface area contributed by atoms with E-state index in [1.54, 1.807) is 0 Å². The number of nitrogens with two attached hydrogens (primary N) is 1. The minimum Gasteiger partial charge on any atom is -0.476 e. The average Bonchev–Trinajstić information content (AvgIpc) is 2.27. The Kier molecular flexibility index (Phi) is 3.40. The monoisotopic (exact) mass is 221 g/mol. The van der Waals surface area contributed by atoms with Gasteiger partial charge in [-0.15, -0.1) is 0 Å². The number of esters is 1. The molecule has 1 aromatic rings. The van der Waals surface area contributed by atoms with E-state index in [2.05, 4.69) is 26.5 Å². The highest BCUT2D eigenvalue weighted by atomic mass is 16.5. The lowest BCUT2D eigenvalue weighted by atomic mass is 10.3. The molecule has 16 heavy (non-hydrogen) atoms. The van der Waals surface area contributed by atoms with E-state index in [1.165, 1.54) is 7.11 Å². The highest BCUT2D eigenvalue weighted by Crippen LogP contribution is 2.04. The molecular formula is C9H7N3O4. The summed E-state index contributed by atoms with van der Waals surface area (Å²) >= 11 is 0. The minimum atomic E-state index is -1.31. The van der Waals surface area contributed by atoms with Crippen LogP contribution in [-0.2, 0) is 9.53 Å². The summed E-state index contributed by atoms with van der Waals surface area (Å²) in [5.41, 5.74) is 4.90. The lowest BCUT2D eigenvalue weighted by molar-refractivity contribution is -0.133. The first-order chi connectivity index (χ1) is 7.54. The molecule has 0 fully saturated rings. The Morgan fingerprint density at radius 3 is 2.81 bits per heavy atom. The van der Waals surface area contributed by atoms with Crippen molar-refractivity contribution in [2.75, 3.05) is 12.8 Å². The van der Waals surface area contributed by atoms with Crippen LogP contribution >= 0.6 is 0 Å². The zero-order valence-electron chi connectivity index (χ0n) is 8.22. The van der Waals surface area contributed by atoms with Crippen molar-refractivity contribution in [3.63, 3.8) is 0 Å². The van der Waals surface area contributed by atoms with E-state index >= 15 is 0 Å². The van der Waals surface area contributed by atoms with E-state index in [0.717, 1.165) is 6.20 Å². The standard InChI is InChI=1S/C9H7N3O4/c1-16-6(13)3-2-5-4-11-8(10)7(12-5)9(14)15/h4H,1H3,(H2,10,11)(H,14,15). The summed E-state index contributed by atoms with van der Waals surface area (Å²) in [5.74, 6) is 2.11. The van der Waals surface area contributed by atoms with Crippen LogP contribution in [0.5, 0.6) is 0 Å². The molecule has 0 saturated heterocycles. The first-order valence-electron chi connectivity index (χ1n) is 4.00. The van der Waals surface area contributed by atoms with Crippen molar-refractivity contribution in [3.8, 4) is 11.8 Å². The zero-order chi connectivity index (χ0) is 12.1. The van der Waals surface area contributed by atoms with Gasteiger partial charge in [-0.1, -0.05) is 0 Å². The van der Waals surface area contributed by atoms with Crippen molar-refractivity contribution in [2.45, 2.75) is 0 Å². The van der Waals surface area contributed by atoms with Crippen LogP contribution in [0, 0.1) is 11.8 Å². The largest absolute Gasteiger partial charge is 0.476 e. The lowest BCUT2D eigenvalue weighted by Crippen LogP contribution is -2.08. The van der Waals surface area contributed by atoms with Crippen LogP contribution < -0.4 is 5.73 Å². The number of carbonyl (C=O) groups is 2. The maximum Gasteiger partial charge on any atom is 0.384 e. The Morgan fingerprint density at radius 1 is 1.56 bits per heavy atom. The molecule has 0 aliphatic carbocycles. The topological polar surface area (TPSA) is 115 Å². The third-order valence-corrected chi connectivity index (χ3v) is 1.48. The highest BCUT2D eigenvalue weighted by molar-refractivity contribution is 5.91. The molecule has 1 heterocycles. The second-order valence-corrected chi connectivity index (χ2v) is 2.54. The summed E-state index contributed by atoms with van der Waals surface area (Å²) in [4.78, 5) is 28.5. The molecule has 0 aliphatic rings. The Morgan fingerprint density at radius 2 is 2.25 bits per heavy atom. The number of anilines is 1. The Bertz CT molecular complexity index is 501. The van der Waals surface area contributed by atoms with Gasteiger partial charge in [-0.3, -0.25) is 0 Å². The Labute approximate surface area is 90.3 Å². The van der Waals surface area contributed by atoms with E-state index in [9.17, 15) is 9.59 Å². The number of hydrogen-bond acceptors (Lipinski definition) is 6. The number of hydrogen-bond donors (Lipinski definition) is 2. The van der Waals surface area contributed by atoms with E-state index in [4.69, 9.17) is 10.8 Å². The normalized spacial score (nSPS) is 8.81. The highest BCUT2D eigenvalue weighted by Gasteiger charge is 2.11. The van der Waals surface area contributed by atoms with E-state index < -0.39 is 17.6 Å². The molecule has 0 aliphatic heterocycles. The van der Waals surface area contributed by atoms with E-state index in [1.807, 2.05) is 0 Å². The fraction of sp³-hybridized carbons (Fsp3) is 0.111. The fourth-order valence-electron chi connectivity index (χ4n) is 0.782. The summed E-state index contributed by atoms with van der Waals surface area (Å²) in [5, 5.41) is 8.69. The van der Waals surface area contributed by atoms with Crippen molar-refractivity contribution in [3.05, 3.63) is 17.6 Å².